The second kappa shape index (κ2) is 10.6. The fourth-order valence-electron chi connectivity index (χ4n) is 4.12. The van der Waals surface area contributed by atoms with Crippen LogP contribution >= 0.6 is 0 Å². The van der Waals surface area contributed by atoms with Crippen molar-refractivity contribution in [3.05, 3.63) is 0 Å². The van der Waals surface area contributed by atoms with E-state index in [0.717, 1.165) is 25.9 Å². The SMILES string of the molecule is CNCC(=O)NC(CC(C)C)C(=O)NCC(=O)N1CCC2(CC1)CN(C(=O)NC)C2. The molecule has 2 rings (SSSR count). The molecule has 2 saturated heterocycles. The minimum absolute atomic E-state index is 0.0559. The highest BCUT2D eigenvalue weighted by molar-refractivity contribution is 5.91. The lowest BCUT2D eigenvalue weighted by atomic mass is 9.72. The molecule has 4 N–H and O–H groups in total. The standard InChI is InChI=1S/C20H36N6O4/c1-14(2)9-15(24-16(27)10-21-3)18(29)23-11-17(28)25-7-5-20(6-8-25)12-26(13-20)19(30)22-4/h14-15,21H,5-13H2,1-4H3,(H,22,30)(H,23,29)(H,24,27). The zero-order chi connectivity index (χ0) is 22.3. The number of rotatable bonds is 8. The highest BCUT2D eigenvalue weighted by atomic mass is 16.2. The van der Waals surface area contributed by atoms with Crippen molar-refractivity contribution in [1.82, 2.24) is 31.1 Å². The molecule has 0 aromatic rings. The van der Waals surface area contributed by atoms with E-state index in [1.54, 1.807) is 23.9 Å². The van der Waals surface area contributed by atoms with E-state index in [9.17, 15) is 19.2 Å². The van der Waals surface area contributed by atoms with E-state index in [2.05, 4.69) is 21.3 Å². The first-order valence-electron chi connectivity index (χ1n) is 10.7. The molecule has 0 radical (unpaired) electrons. The zero-order valence-corrected chi connectivity index (χ0v) is 18.5. The van der Waals surface area contributed by atoms with Gasteiger partial charge in [-0.1, -0.05) is 13.8 Å². The molecular weight excluding hydrogens is 388 g/mol. The van der Waals surface area contributed by atoms with E-state index in [4.69, 9.17) is 0 Å². The average molecular weight is 425 g/mol. The van der Waals surface area contributed by atoms with Crippen LogP contribution < -0.4 is 21.3 Å². The Balaban J connectivity index is 1.77. The lowest BCUT2D eigenvalue weighted by Gasteiger charge is -2.53. The van der Waals surface area contributed by atoms with Crippen LogP contribution in [0, 0.1) is 11.3 Å². The maximum Gasteiger partial charge on any atom is 0.317 e. The lowest BCUT2D eigenvalue weighted by Crippen LogP contribution is -2.64. The number of amides is 5. The Morgan fingerprint density at radius 1 is 0.967 bits per heavy atom. The largest absolute Gasteiger partial charge is 0.345 e. The highest BCUT2D eigenvalue weighted by Gasteiger charge is 2.47. The normalized spacial score (nSPS) is 18.6. The molecule has 1 atom stereocenters. The molecule has 10 nitrogen and oxygen atoms in total. The molecular formula is C20H36N6O4. The second-order valence-electron chi connectivity index (χ2n) is 8.79. The first-order valence-corrected chi connectivity index (χ1v) is 10.7. The van der Waals surface area contributed by atoms with Crippen molar-refractivity contribution in [3.63, 3.8) is 0 Å². The van der Waals surface area contributed by atoms with Crippen LogP contribution in [-0.4, -0.2) is 93.0 Å². The molecule has 1 spiro atoms. The van der Waals surface area contributed by atoms with Crippen LogP contribution in [0.1, 0.15) is 33.1 Å². The van der Waals surface area contributed by atoms with Crippen molar-refractivity contribution in [2.45, 2.75) is 39.2 Å². The molecule has 5 amide bonds. The molecule has 0 saturated carbocycles. The summed E-state index contributed by atoms with van der Waals surface area (Å²) in [7, 11) is 3.29. The highest BCUT2D eigenvalue weighted by Crippen LogP contribution is 2.40. The second-order valence-corrected chi connectivity index (χ2v) is 8.79. The third-order valence-corrected chi connectivity index (χ3v) is 5.84. The number of piperidine rings is 1. The van der Waals surface area contributed by atoms with Crippen LogP contribution in [-0.2, 0) is 14.4 Å². The number of carbonyl (C=O) groups excluding carboxylic acids is 4. The number of nitrogens with zero attached hydrogens (tertiary/aromatic N) is 2. The van der Waals surface area contributed by atoms with Crippen molar-refractivity contribution in [3.8, 4) is 0 Å². The molecule has 2 fully saturated rings. The fraction of sp³-hybridized carbons (Fsp3) is 0.800. The molecule has 2 aliphatic heterocycles. The smallest absolute Gasteiger partial charge is 0.317 e. The van der Waals surface area contributed by atoms with E-state index in [1.165, 1.54) is 0 Å². The quantitative estimate of drug-likeness (QED) is 0.403. The van der Waals surface area contributed by atoms with Gasteiger partial charge in [-0.2, -0.15) is 0 Å². The van der Waals surface area contributed by atoms with Crippen molar-refractivity contribution >= 4 is 23.8 Å². The number of likely N-dealkylation sites (N-methyl/N-ethyl adjacent to an activating group) is 1. The topological polar surface area (TPSA) is 123 Å². The van der Waals surface area contributed by atoms with Crippen molar-refractivity contribution in [2.24, 2.45) is 11.3 Å². The third-order valence-electron chi connectivity index (χ3n) is 5.84. The van der Waals surface area contributed by atoms with Crippen LogP contribution in [0.15, 0.2) is 0 Å². The maximum absolute atomic E-state index is 12.5. The number of hydrogen-bond donors (Lipinski definition) is 4. The van der Waals surface area contributed by atoms with E-state index < -0.39 is 6.04 Å². The molecule has 10 heteroatoms. The minimum atomic E-state index is -0.658. The molecule has 0 aromatic heterocycles. The van der Waals surface area contributed by atoms with E-state index in [-0.39, 0.29) is 48.2 Å². The molecule has 0 aliphatic carbocycles. The van der Waals surface area contributed by atoms with Crippen LogP contribution in [0.25, 0.3) is 0 Å². The van der Waals surface area contributed by atoms with Crippen molar-refractivity contribution in [2.75, 3.05) is 53.4 Å². The van der Waals surface area contributed by atoms with Gasteiger partial charge in [-0.25, -0.2) is 4.79 Å². The van der Waals surface area contributed by atoms with Gasteiger partial charge in [0.2, 0.25) is 17.7 Å². The van der Waals surface area contributed by atoms with Gasteiger partial charge >= 0.3 is 6.03 Å². The summed E-state index contributed by atoms with van der Waals surface area (Å²) in [6.45, 7) is 6.73. The van der Waals surface area contributed by atoms with E-state index >= 15 is 0 Å². The summed E-state index contributed by atoms with van der Waals surface area (Å²) in [5, 5.41) is 10.8. The van der Waals surface area contributed by atoms with Crippen LogP contribution in [0.4, 0.5) is 4.79 Å². The Kier molecular flexibility index (Phi) is 8.45. The predicted octanol–water partition coefficient (Wildman–Crippen LogP) is -0.883. The van der Waals surface area contributed by atoms with Gasteiger partial charge in [-0.3, -0.25) is 14.4 Å². The molecule has 2 heterocycles. The lowest BCUT2D eigenvalue weighted by molar-refractivity contribution is -0.137. The van der Waals surface area contributed by atoms with Gasteiger partial charge < -0.3 is 31.1 Å². The van der Waals surface area contributed by atoms with E-state index in [0.29, 0.717) is 19.5 Å². The Bertz CT molecular complexity index is 637. The Morgan fingerprint density at radius 3 is 2.13 bits per heavy atom. The Labute approximate surface area is 178 Å². The summed E-state index contributed by atoms with van der Waals surface area (Å²) in [6, 6.07) is -0.714. The van der Waals surface area contributed by atoms with Crippen LogP contribution in [0.5, 0.6) is 0 Å². The van der Waals surface area contributed by atoms with Gasteiger partial charge in [0.05, 0.1) is 13.1 Å². The van der Waals surface area contributed by atoms with E-state index in [1.807, 2.05) is 13.8 Å². The van der Waals surface area contributed by atoms with Gasteiger partial charge in [0.1, 0.15) is 6.04 Å². The summed E-state index contributed by atoms with van der Waals surface area (Å²) < 4.78 is 0. The molecule has 0 bridgehead atoms. The van der Waals surface area contributed by atoms with Crippen molar-refractivity contribution < 1.29 is 19.2 Å². The summed E-state index contributed by atoms with van der Waals surface area (Å²) >= 11 is 0. The maximum atomic E-state index is 12.5. The number of likely N-dealkylation sites (tertiary alicyclic amines) is 2. The zero-order valence-electron chi connectivity index (χ0n) is 18.5. The van der Waals surface area contributed by atoms with Gasteiger partial charge in [-0.05, 0) is 32.2 Å². The Morgan fingerprint density at radius 2 is 1.60 bits per heavy atom. The number of nitrogens with one attached hydrogen (secondary N) is 4. The Hall–Kier alpha value is -2.36. The molecule has 30 heavy (non-hydrogen) atoms. The van der Waals surface area contributed by atoms with Gasteiger partial charge in [0, 0.05) is 38.6 Å². The summed E-state index contributed by atoms with van der Waals surface area (Å²) in [6.07, 6.45) is 2.22. The molecule has 2 aliphatic rings. The van der Waals surface area contributed by atoms with Crippen LogP contribution in [0.2, 0.25) is 0 Å². The molecule has 0 aromatic carbocycles. The fourth-order valence-corrected chi connectivity index (χ4v) is 4.12. The number of urea groups is 1. The summed E-state index contributed by atoms with van der Waals surface area (Å²) in [5.74, 6) is -0.487. The predicted molar refractivity (Wildman–Crippen MR) is 113 cm³/mol. The summed E-state index contributed by atoms with van der Waals surface area (Å²) in [5.41, 5.74) is 0.118. The molecule has 170 valence electrons. The van der Waals surface area contributed by atoms with Gasteiger partial charge in [0.25, 0.3) is 0 Å². The third kappa shape index (κ3) is 6.32. The monoisotopic (exact) mass is 424 g/mol. The average Bonchev–Trinajstić information content (AvgIpc) is 2.68. The van der Waals surface area contributed by atoms with Gasteiger partial charge in [0.15, 0.2) is 0 Å². The van der Waals surface area contributed by atoms with Crippen LogP contribution in [0.3, 0.4) is 0 Å². The number of carbonyl (C=O) groups is 4. The number of hydrogen-bond acceptors (Lipinski definition) is 5. The molecule has 1 unspecified atom stereocenters. The van der Waals surface area contributed by atoms with Crippen molar-refractivity contribution in [1.29, 1.82) is 0 Å². The summed E-state index contributed by atoms with van der Waals surface area (Å²) in [4.78, 5) is 52.1. The first-order chi connectivity index (χ1) is 14.2. The first kappa shape index (κ1) is 23.9. The minimum Gasteiger partial charge on any atom is -0.345 e. The van der Waals surface area contributed by atoms with Gasteiger partial charge in [-0.15, -0.1) is 0 Å².